The summed E-state index contributed by atoms with van der Waals surface area (Å²) in [5.41, 5.74) is 5.50. The molecule has 2 aromatic carbocycles. The van der Waals surface area contributed by atoms with Gasteiger partial charge in [0, 0.05) is 5.02 Å². The van der Waals surface area contributed by atoms with Crippen LogP contribution in [0.4, 0.5) is 0 Å². The maximum atomic E-state index is 6.14. The van der Waals surface area contributed by atoms with E-state index in [0.29, 0.717) is 5.41 Å². The fraction of sp³-hybridized carbons (Fsp3) is 0.400. The number of hydrogen-bond donors (Lipinski definition) is 0. The Hall–Kier alpha value is -1.27. The van der Waals surface area contributed by atoms with E-state index >= 15 is 0 Å². The van der Waals surface area contributed by atoms with E-state index in [1.807, 2.05) is 6.07 Å². The fourth-order valence-corrected chi connectivity index (χ4v) is 5.29. The zero-order chi connectivity index (χ0) is 14.0. The lowest BCUT2D eigenvalue weighted by Gasteiger charge is -2.40. The molecule has 3 aliphatic rings. The largest absolute Gasteiger partial charge is 0.0850 e. The van der Waals surface area contributed by atoms with E-state index < -0.39 is 0 Å². The molecule has 1 heteroatoms. The molecule has 0 aliphatic heterocycles. The third-order valence-corrected chi connectivity index (χ3v) is 6.44. The number of rotatable bonds is 0. The molecular weight excluding hydrogens is 276 g/mol. The Morgan fingerprint density at radius 3 is 2.71 bits per heavy atom. The van der Waals surface area contributed by atoms with Crippen LogP contribution in [0.1, 0.15) is 36.8 Å². The second-order valence-corrected chi connectivity index (χ2v) is 7.76. The first kappa shape index (κ1) is 12.3. The van der Waals surface area contributed by atoms with Gasteiger partial charge in [0.1, 0.15) is 0 Å². The minimum atomic E-state index is 0.594. The van der Waals surface area contributed by atoms with Crippen molar-refractivity contribution >= 4 is 22.4 Å². The minimum absolute atomic E-state index is 0.594. The predicted octanol–water partition coefficient (Wildman–Crippen LogP) is 5.71. The topological polar surface area (TPSA) is 0 Å². The van der Waals surface area contributed by atoms with Gasteiger partial charge in [-0.05, 0) is 83.9 Å². The highest BCUT2D eigenvalue weighted by atomic mass is 35.5. The van der Waals surface area contributed by atoms with Crippen molar-refractivity contribution in [1.82, 2.24) is 0 Å². The molecular formula is C20H19Cl. The van der Waals surface area contributed by atoms with Crippen LogP contribution in [0.15, 0.2) is 42.0 Å². The standard InChI is InChI=1S/C20H19Cl/c21-19-4-2-14-9-17-12-20(11-13-1-3-18(20)7-13)6-5-15(17)8-16(14)10-19/h1-2,4,8-10,18H,3,5-7,11-12H2. The van der Waals surface area contributed by atoms with Crippen LogP contribution >= 0.6 is 11.6 Å². The second-order valence-electron chi connectivity index (χ2n) is 7.33. The Balaban J connectivity index is 1.60. The van der Waals surface area contributed by atoms with Crippen LogP contribution in [0, 0.1) is 11.3 Å². The van der Waals surface area contributed by atoms with E-state index in [4.69, 9.17) is 11.6 Å². The predicted molar refractivity (Wildman–Crippen MR) is 88.8 cm³/mol. The van der Waals surface area contributed by atoms with Crippen molar-refractivity contribution in [1.29, 1.82) is 0 Å². The van der Waals surface area contributed by atoms with Crippen LogP contribution in [-0.2, 0) is 12.8 Å². The normalized spacial score (nSPS) is 30.0. The highest BCUT2D eigenvalue weighted by molar-refractivity contribution is 6.31. The molecule has 0 heterocycles. The van der Waals surface area contributed by atoms with Crippen molar-refractivity contribution in [3.63, 3.8) is 0 Å². The van der Waals surface area contributed by atoms with E-state index in [0.717, 1.165) is 10.9 Å². The highest BCUT2D eigenvalue weighted by Gasteiger charge is 2.48. The van der Waals surface area contributed by atoms with Gasteiger partial charge < -0.3 is 0 Å². The van der Waals surface area contributed by atoms with Crippen molar-refractivity contribution in [3.05, 3.63) is 58.1 Å². The molecule has 0 amide bonds. The summed E-state index contributed by atoms with van der Waals surface area (Å²) in [5.74, 6) is 0.932. The molecule has 1 fully saturated rings. The van der Waals surface area contributed by atoms with Gasteiger partial charge in [-0.3, -0.25) is 0 Å². The molecule has 2 unspecified atom stereocenters. The number of allylic oxidation sites excluding steroid dienone is 2. The molecule has 2 atom stereocenters. The fourth-order valence-electron chi connectivity index (χ4n) is 5.11. The Labute approximate surface area is 130 Å². The molecule has 106 valence electrons. The molecule has 21 heavy (non-hydrogen) atoms. The molecule has 0 radical (unpaired) electrons. The summed E-state index contributed by atoms with van der Waals surface area (Å²) in [6.07, 6.45) is 10.5. The number of benzene rings is 2. The third kappa shape index (κ3) is 1.75. The van der Waals surface area contributed by atoms with Crippen molar-refractivity contribution in [2.75, 3.05) is 0 Å². The number of hydrogen-bond acceptors (Lipinski definition) is 0. The van der Waals surface area contributed by atoms with Gasteiger partial charge in [0.15, 0.2) is 0 Å². The van der Waals surface area contributed by atoms with Crippen LogP contribution in [0.2, 0.25) is 5.02 Å². The molecule has 1 spiro atoms. The average molecular weight is 295 g/mol. The molecule has 1 saturated carbocycles. The van der Waals surface area contributed by atoms with Gasteiger partial charge in [-0.25, -0.2) is 0 Å². The summed E-state index contributed by atoms with van der Waals surface area (Å²) in [5, 5.41) is 3.49. The van der Waals surface area contributed by atoms with E-state index in [1.165, 1.54) is 49.3 Å². The van der Waals surface area contributed by atoms with Gasteiger partial charge in [0.25, 0.3) is 0 Å². The molecule has 0 nitrogen and oxygen atoms in total. The van der Waals surface area contributed by atoms with Crippen LogP contribution in [0.3, 0.4) is 0 Å². The Bertz CT molecular complexity index is 786. The lowest BCUT2D eigenvalue weighted by molar-refractivity contribution is 0.169. The van der Waals surface area contributed by atoms with Crippen molar-refractivity contribution in [2.24, 2.45) is 11.3 Å². The first-order chi connectivity index (χ1) is 10.2. The number of fused-ring (bicyclic) bond motifs is 5. The van der Waals surface area contributed by atoms with Crippen molar-refractivity contribution in [3.8, 4) is 0 Å². The van der Waals surface area contributed by atoms with Crippen molar-refractivity contribution < 1.29 is 0 Å². The average Bonchev–Trinajstić information content (AvgIpc) is 3.06. The van der Waals surface area contributed by atoms with Crippen LogP contribution in [-0.4, -0.2) is 0 Å². The van der Waals surface area contributed by atoms with Gasteiger partial charge in [-0.15, -0.1) is 0 Å². The van der Waals surface area contributed by atoms with E-state index in [2.05, 4.69) is 30.3 Å². The lowest BCUT2D eigenvalue weighted by Crippen LogP contribution is -2.33. The monoisotopic (exact) mass is 294 g/mol. The third-order valence-electron chi connectivity index (χ3n) is 6.20. The minimum Gasteiger partial charge on any atom is -0.0850 e. The van der Waals surface area contributed by atoms with Crippen LogP contribution in [0.5, 0.6) is 0 Å². The molecule has 0 N–H and O–H groups in total. The lowest BCUT2D eigenvalue weighted by atomic mass is 9.64. The molecule has 3 aliphatic carbocycles. The summed E-state index contributed by atoms with van der Waals surface area (Å²) in [7, 11) is 0. The summed E-state index contributed by atoms with van der Waals surface area (Å²) < 4.78 is 0. The Morgan fingerprint density at radius 1 is 1.00 bits per heavy atom. The maximum absolute atomic E-state index is 6.14. The first-order valence-corrected chi connectivity index (χ1v) is 8.49. The van der Waals surface area contributed by atoms with Gasteiger partial charge in [0.2, 0.25) is 0 Å². The van der Waals surface area contributed by atoms with E-state index in [-0.39, 0.29) is 0 Å². The van der Waals surface area contributed by atoms with E-state index in [9.17, 15) is 0 Å². The second kappa shape index (κ2) is 4.14. The van der Waals surface area contributed by atoms with E-state index in [1.54, 1.807) is 16.7 Å². The molecule has 5 rings (SSSR count). The Kier molecular flexibility index (Phi) is 2.42. The number of halogens is 1. The smallest absolute Gasteiger partial charge is 0.0412 e. The number of aryl methyl sites for hydroxylation is 1. The maximum Gasteiger partial charge on any atom is 0.0412 e. The quantitative estimate of drug-likeness (QED) is 0.546. The Morgan fingerprint density at radius 2 is 1.90 bits per heavy atom. The molecule has 0 aromatic heterocycles. The summed E-state index contributed by atoms with van der Waals surface area (Å²) in [6.45, 7) is 0. The summed E-state index contributed by atoms with van der Waals surface area (Å²) >= 11 is 6.14. The summed E-state index contributed by atoms with van der Waals surface area (Å²) in [6, 6.07) is 11.1. The van der Waals surface area contributed by atoms with Gasteiger partial charge >= 0.3 is 0 Å². The first-order valence-electron chi connectivity index (χ1n) is 8.11. The zero-order valence-electron chi connectivity index (χ0n) is 12.2. The van der Waals surface area contributed by atoms with Crippen molar-refractivity contribution in [2.45, 2.75) is 38.5 Å². The molecule has 0 saturated heterocycles. The zero-order valence-corrected chi connectivity index (χ0v) is 12.9. The van der Waals surface area contributed by atoms with Crippen LogP contribution < -0.4 is 0 Å². The van der Waals surface area contributed by atoms with Gasteiger partial charge in [-0.1, -0.05) is 41.4 Å². The van der Waals surface area contributed by atoms with Gasteiger partial charge in [-0.2, -0.15) is 0 Å². The molecule has 2 bridgehead atoms. The molecule has 2 aromatic rings. The summed E-state index contributed by atoms with van der Waals surface area (Å²) in [4.78, 5) is 0. The van der Waals surface area contributed by atoms with Crippen LogP contribution in [0.25, 0.3) is 10.8 Å². The SMILES string of the molecule is Clc1ccc2cc3c(cc2c1)CCC1(CC2=CCC1C2)C3. The van der Waals surface area contributed by atoms with Gasteiger partial charge in [0.05, 0.1) is 0 Å². The highest BCUT2D eigenvalue weighted by Crippen LogP contribution is 2.58.